The minimum Gasteiger partial charge on any atom is -0.295 e. The third-order valence-corrected chi connectivity index (χ3v) is 10.1. The van der Waals surface area contributed by atoms with Gasteiger partial charge in [-0.2, -0.15) is 0 Å². The van der Waals surface area contributed by atoms with Crippen LogP contribution in [-0.4, -0.2) is 20.8 Å². The smallest absolute Gasteiger partial charge is 0.155 e. The summed E-state index contributed by atoms with van der Waals surface area (Å²) in [6, 6.07) is 10.7. The molecule has 4 aliphatic rings. The molecule has 0 unspecified atom stereocenters. The van der Waals surface area contributed by atoms with Crippen LogP contribution < -0.4 is 0 Å². The Morgan fingerprint density at radius 1 is 1.03 bits per heavy atom. The van der Waals surface area contributed by atoms with E-state index in [1.807, 2.05) is 12.1 Å². The van der Waals surface area contributed by atoms with E-state index in [1.165, 1.54) is 24.8 Å². The van der Waals surface area contributed by atoms with Crippen LogP contribution in [0.2, 0.25) is 0 Å². The Bertz CT molecular complexity index is 1140. The monoisotopic (exact) mass is 441 g/mol. The predicted molar refractivity (Wildman–Crippen MR) is 130 cm³/mol. The Morgan fingerprint density at radius 2 is 1.85 bits per heavy atom. The molecule has 0 radical (unpaired) electrons. The van der Waals surface area contributed by atoms with E-state index >= 15 is 0 Å². The van der Waals surface area contributed by atoms with Crippen molar-refractivity contribution < 1.29 is 4.79 Å². The van der Waals surface area contributed by atoms with Gasteiger partial charge in [0, 0.05) is 12.0 Å². The van der Waals surface area contributed by atoms with Gasteiger partial charge in [-0.05, 0) is 85.7 Å². The number of carbonyl (C=O) groups is 1. The van der Waals surface area contributed by atoms with Gasteiger partial charge in [0.05, 0.1) is 12.2 Å². The van der Waals surface area contributed by atoms with Crippen LogP contribution in [0.15, 0.2) is 59.8 Å². The highest BCUT2D eigenvalue weighted by Gasteiger charge is 2.59. The number of rotatable bonds is 2. The number of carbonyl (C=O) groups excluding carboxylic acids is 1. The van der Waals surface area contributed by atoms with E-state index in [0.717, 1.165) is 42.9 Å². The van der Waals surface area contributed by atoms with E-state index in [0.29, 0.717) is 23.7 Å². The van der Waals surface area contributed by atoms with Gasteiger partial charge < -0.3 is 0 Å². The van der Waals surface area contributed by atoms with Crippen molar-refractivity contribution in [3.05, 3.63) is 59.8 Å². The molecule has 3 fully saturated rings. The summed E-state index contributed by atoms with van der Waals surface area (Å²) >= 11 is 0. The van der Waals surface area contributed by atoms with E-state index in [2.05, 4.69) is 72.3 Å². The highest BCUT2D eigenvalue weighted by atomic mass is 16.1. The number of hydrogen-bond donors (Lipinski definition) is 0. The van der Waals surface area contributed by atoms with Gasteiger partial charge in [-0.1, -0.05) is 61.0 Å². The van der Waals surface area contributed by atoms with E-state index in [9.17, 15) is 4.79 Å². The highest BCUT2D eigenvalue weighted by Crippen LogP contribution is 2.68. The SMILES string of the molecule is C/C=C1/[C@@H](n2cc(-c3ccccc3)nn2)C[C@H]2[C@@H]3CCC4=CC(=O)CC[C@]4(C)[C@H]3CC[C@]12C. The molecule has 6 rings (SSSR count). The number of hydrogen-bond acceptors (Lipinski definition) is 3. The number of ketones is 1. The standard InChI is InChI=1S/C29H35N3O/c1-4-23-27(32-18-26(30-31-32)19-8-6-5-7-9-19)17-25-22-11-10-20-16-21(33)12-14-28(20,2)24(22)13-15-29(23,25)3/h4-9,16,18,22,24-25,27H,10-15,17H2,1-3H3/b23-4-/t22-,24+,25+,27+,28+,29-/m1/s1. The van der Waals surface area contributed by atoms with Gasteiger partial charge in [-0.25, -0.2) is 4.68 Å². The second-order valence-corrected chi connectivity index (χ2v) is 11.4. The Balaban J connectivity index is 1.33. The van der Waals surface area contributed by atoms with Crippen molar-refractivity contribution in [1.82, 2.24) is 15.0 Å². The maximum absolute atomic E-state index is 12.1. The van der Waals surface area contributed by atoms with Crippen LogP contribution in [0.4, 0.5) is 0 Å². The number of nitrogens with zero attached hydrogens (tertiary/aromatic N) is 3. The van der Waals surface area contributed by atoms with Crippen molar-refractivity contribution in [2.75, 3.05) is 0 Å². The lowest BCUT2D eigenvalue weighted by Crippen LogP contribution is -2.49. The predicted octanol–water partition coefficient (Wildman–Crippen LogP) is 6.57. The summed E-state index contributed by atoms with van der Waals surface area (Å²) in [6.45, 7) is 7.21. The fraction of sp³-hybridized carbons (Fsp3) is 0.552. The molecular weight excluding hydrogens is 406 g/mol. The molecule has 6 atom stereocenters. The van der Waals surface area contributed by atoms with Crippen LogP contribution in [-0.2, 0) is 4.79 Å². The molecule has 2 aromatic rings. The van der Waals surface area contributed by atoms with Crippen LogP contribution in [0.1, 0.15) is 71.8 Å². The van der Waals surface area contributed by atoms with Crippen molar-refractivity contribution in [3.8, 4) is 11.3 Å². The second-order valence-electron chi connectivity index (χ2n) is 11.4. The van der Waals surface area contributed by atoms with E-state index < -0.39 is 0 Å². The molecule has 172 valence electrons. The molecule has 33 heavy (non-hydrogen) atoms. The Hall–Kier alpha value is -2.49. The minimum absolute atomic E-state index is 0.222. The second kappa shape index (κ2) is 7.51. The molecule has 4 aliphatic carbocycles. The van der Waals surface area contributed by atoms with Gasteiger partial charge in [0.25, 0.3) is 0 Å². The first kappa shape index (κ1) is 21.1. The summed E-state index contributed by atoms with van der Waals surface area (Å²) in [5, 5.41) is 9.17. The largest absolute Gasteiger partial charge is 0.295 e. The van der Waals surface area contributed by atoms with Crippen molar-refractivity contribution in [2.24, 2.45) is 28.6 Å². The number of aromatic nitrogens is 3. The molecule has 0 amide bonds. The molecule has 1 aromatic carbocycles. The van der Waals surface area contributed by atoms with Crippen LogP contribution >= 0.6 is 0 Å². The van der Waals surface area contributed by atoms with Gasteiger partial charge in [-0.3, -0.25) is 4.79 Å². The first-order valence-electron chi connectivity index (χ1n) is 12.8. The molecule has 3 saturated carbocycles. The van der Waals surface area contributed by atoms with Crippen LogP contribution in [0, 0.1) is 28.6 Å². The molecule has 4 heteroatoms. The first-order valence-corrected chi connectivity index (χ1v) is 12.8. The van der Waals surface area contributed by atoms with Crippen LogP contribution in [0.25, 0.3) is 11.3 Å². The summed E-state index contributed by atoms with van der Waals surface area (Å²) in [5.74, 6) is 2.46. The lowest BCUT2D eigenvalue weighted by molar-refractivity contribution is -0.117. The first-order chi connectivity index (χ1) is 15.9. The molecule has 4 nitrogen and oxygen atoms in total. The quantitative estimate of drug-likeness (QED) is 0.495. The zero-order valence-corrected chi connectivity index (χ0v) is 20.1. The molecule has 0 N–H and O–H groups in total. The summed E-state index contributed by atoms with van der Waals surface area (Å²) in [4.78, 5) is 12.1. The number of fused-ring (bicyclic) bond motifs is 5. The molecule has 0 saturated heterocycles. The lowest BCUT2D eigenvalue weighted by atomic mass is 9.47. The molecule has 0 aliphatic heterocycles. The molecule has 0 bridgehead atoms. The molecule has 0 spiro atoms. The average molecular weight is 442 g/mol. The summed E-state index contributed by atoms with van der Waals surface area (Å²) < 4.78 is 2.14. The Kier molecular flexibility index (Phi) is 4.80. The number of benzene rings is 1. The van der Waals surface area contributed by atoms with Crippen LogP contribution in [0.5, 0.6) is 0 Å². The summed E-state index contributed by atoms with van der Waals surface area (Å²) in [6.07, 6.45) is 14.3. The molecule has 1 aromatic heterocycles. The summed E-state index contributed by atoms with van der Waals surface area (Å²) in [7, 11) is 0. The van der Waals surface area contributed by atoms with Crippen molar-refractivity contribution in [1.29, 1.82) is 0 Å². The maximum Gasteiger partial charge on any atom is 0.155 e. The third kappa shape index (κ3) is 3.05. The topological polar surface area (TPSA) is 47.8 Å². The van der Waals surface area contributed by atoms with E-state index in [-0.39, 0.29) is 10.8 Å². The Labute approximate surface area is 197 Å². The normalized spacial score (nSPS) is 39.1. The summed E-state index contributed by atoms with van der Waals surface area (Å²) in [5.41, 5.74) is 5.55. The third-order valence-electron chi connectivity index (χ3n) is 10.1. The van der Waals surface area contributed by atoms with Crippen LogP contribution in [0.3, 0.4) is 0 Å². The van der Waals surface area contributed by atoms with Gasteiger partial charge in [0.15, 0.2) is 5.78 Å². The zero-order valence-electron chi connectivity index (χ0n) is 20.1. The average Bonchev–Trinajstić information content (AvgIpc) is 3.42. The van der Waals surface area contributed by atoms with Crippen molar-refractivity contribution in [2.45, 2.75) is 71.8 Å². The fourth-order valence-electron chi connectivity index (χ4n) is 8.36. The van der Waals surface area contributed by atoms with Crippen molar-refractivity contribution >= 4 is 5.78 Å². The zero-order chi connectivity index (χ0) is 22.8. The van der Waals surface area contributed by atoms with Crippen molar-refractivity contribution in [3.63, 3.8) is 0 Å². The number of allylic oxidation sites excluding steroid dienone is 3. The molecular formula is C29H35N3O. The van der Waals surface area contributed by atoms with Gasteiger partial charge in [-0.15, -0.1) is 5.10 Å². The van der Waals surface area contributed by atoms with Gasteiger partial charge in [0.2, 0.25) is 0 Å². The van der Waals surface area contributed by atoms with E-state index in [4.69, 9.17) is 0 Å². The van der Waals surface area contributed by atoms with Gasteiger partial charge in [0.1, 0.15) is 5.69 Å². The minimum atomic E-state index is 0.222. The van der Waals surface area contributed by atoms with E-state index in [1.54, 1.807) is 5.57 Å². The molecule has 1 heterocycles. The fourth-order valence-corrected chi connectivity index (χ4v) is 8.36. The van der Waals surface area contributed by atoms with Gasteiger partial charge >= 0.3 is 0 Å². The highest BCUT2D eigenvalue weighted by molar-refractivity contribution is 5.91. The Morgan fingerprint density at radius 3 is 2.64 bits per heavy atom. The lowest BCUT2D eigenvalue weighted by Gasteiger charge is -2.57. The maximum atomic E-state index is 12.1.